The molecule has 0 spiro atoms. The summed E-state index contributed by atoms with van der Waals surface area (Å²) in [5.74, 6) is 0.944. The molecule has 88 valence electrons. The molecule has 15 heavy (non-hydrogen) atoms. The fourth-order valence-corrected chi connectivity index (χ4v) is 3.47. The minimum Gasteiger partial charge on any atom is -0.468 e. The Balaban J connectivity index is 2.41. The molecule has 0 bridgehead atoms. The van der Waals surface area contributed by atoms with Gasteiger partial charge in [0.2, 0.25) is 0 Å². The van der Waals surface area contributed by atoms with Gasteiger partial charge >= 0.3 is 5.97 Å². The Morgan fingerprint density at radius 2 is 2.33 bits per heavy atom. The zero-order valence-electron chi connectivity index (χ0n) is 9.46. The van der Waals surface area contributed by atoms with Gasteiger partial charge in [-0.1, -0.05) is 15.9 Å². The number of esters is 1. The van der Waals surface area contributed by atoms with E-state index >= 15 is 0 Å². The predicted octanol–water partition coefficient (Wildman–Crippen LogP) is 1.75. The third-order valence-electron chi connectivity index (χ3n) is 2.38. The lowest BCUT2D eigenvalue weighted by molar-refractivity contribution is -0.140. The van der Waals surface area contributed by atoms with Gasteiger partial charge in [-0.2, -0.15) is 11.8 Å². The molecule has 0 N–H and O–H groups in total. The minimum absolute atomic E-state index is 0.189. The molecule has 1 atom stereocenters. The zero-order valence-corrected chi connectivity index (χ0v) is 11.9. The Morgan fingerprint density at radius 3 is 2.87 bits per heavy atom. The normalized spacial score (nSPS) is 23.5. The highest BCUT2D eigenvalue weighted by molar-refractivity contribution is 9.10. The summed E-state index contributed by atoms with van der Waals surface area (Å²) < 4.78 is 4.98. The minimum atomic E-state index is -0.207. The average molecular weight is 296 g/mol. The summed E-state index contributed by atoms with van der Waals surface area (Å²) in [5.41, 5.74) is 0. The van der Waals surface area contributed by atoms with Gasteiger partial charge in [-0.25, -0.2) is 0 Å². The smallest absolute Gasteiger partial charge is 0.320 e. The van der Waals surface area contributed by atoms with Crippen LogP contribution in [0.2, 0.25) is 0 Å². The molecule has 1 aliphatic heterocycles. The number of carbonyl (C=O) groups is 1. The van der Waals surface area contributed by atoms with Crippen LogP contribution >= 0.6 is 27.7 Å². The predicted molar refractivity (Wildman–Crippen MR) is 67.7 cm³/mol. The molecule has 1 aliphatic rings. The monoisotopic (exact) mass is 295 g/mol. The summed E-state index contributed by atoms with van der Waals surface area (Å²) in [5, 5.41) is 0. The number of hydrogen-bond donors (Lipinski definition) is 0. The fraction of sp³-hybridized carbons (Fsp3) is 0.900. The molecule has 1 rings (SSSR count). The Labute approximate surface area is 104 Å². The molecule has 0 radical (unpaired) electrons. The van der Waals surface area contributed by atoms with E-state index in [9.17, 15) is 4.79 Å². The molecule has 5 heteroatoms. The highest BCUT2D eigenvalue weighted by Gasteiger charge is 2.29. The van der Waals surface area contributed by atoms with Gasteiger partial charge in [0.1, 0.15) is 4.83 Å². The lowest BCUT2D eigenvalue weighted by atomic mass is 10.2. The van der Waals surface area contributed by atoms with Crippen molar-refractivity contribution in [3.05, 3.63) is 0 Å². The summed E-state index contributed by atoms with van der Waals surface area (Å²) in [6, 6.07) is 0. The molecule has 1 unspecified atom stereocenters. The van der Waals surface area contributed by atoms with Crippen LogP contribution < -0.4 is 0 Å². The van der Waals surface area contributed by atoms with Gasteiger partial charge < -0.3 is 4.74 Å². The molecule has 0 aromatic rings. The number of alkyl halides is 1. The van der Waals surface area contributed by atoms with Crippen LogP contribution in [0.1, 0.15) is 13.8 Å². The molecular weight excluding hydrogens is 278 g/mol. The van der Waals surface area contributed by atoms with Gasteiger partial charge in [0.25, 0.3) is 0 Å². The van der Waals surface area contributed by atoms with Crippen molar-refractivity contribution in [2.45, 2.75) is 23.4 Å². The van der Waals surface area contributed by atoms with Gasteiger partial charge in [0.05, 0.1) is 7.11 Å². The summed E-state index contributed by atoms with van der Waals surface area (Å²) in [6.07, 6.45) is 0. The number of methoxy groups -OCH3 is 1. The fourth-order valence-electron chi connectivity index (χ4n) is 1.70. The number of hydrogen-bond acceptors (Lipinski definition) is 4. The number of thioether (sulfide) groups is 1. The van der Waals surface area contributed by atoms with Crippen molar-refractivity contribution >= 4 is 33.7 Å². The first kappa shape index (κ1) is 13.3. The van der Waals surface area contributed by atoms with E-state index in [0.717, 1.165) is 25.4 Å². The maximum absolute atomic E-state index is 11.2. The standard InChI is InChI=1S/C10H18BrNO2S/c1-10(2)7-12(4-5-15-10)6-8(11)9(13)14-3/h8H,4-7H2,1-3H3. The van der Waals surface area contributed by atoms with Crippen molar-refractivity contribution < 1.29 is 9.53 Å². The van der Waals surface area contributed by atoms with E-state index in [0.29, 0.717) is 4.75 Å². The van der Waals surface area contributed by atoms with E-state index < -0.39 is 0 Å². The van der Waals surface area contributed by atoms with E-state index in [2.05, 4.69) is 39.4 Å². The number of halogens is 1. The van der Waals surface area contributed by atoms with Crippen LogP contribution in [0.25, 0.3) is 0 Å². The first-order chi connectivity index (χ1) is 6.94. The van der Waals surface area contributed by atoms with Gasteiger partial charge in [-0.3, -0.25) is 9.69 Å². The van der Waals surface area contributed by atoms with E-state index in [1.54, 1.807) is 0 Å². The average Bonchev–Trinajstić information content (AvgIpc) is 2.14. The van der Waals surface area contributed by atoms with Gasteiger partial charge in [-0.15, -0.1) is 0 Å². The Morgan fingerprint density at radius 1 is 1.67 bits per heavy atom. The molecule has 0 saturated carbocycles. The van der Waals surface area contributed by atoms with Gasteiger partial charge in [-0.05, 0) is 13.8 Å². The van der Waals surface area contributed by atoms with Crippen LogP contribution in [-0.4, -0.2) is 52.9 Å². The van der Waals surface area contributed by atoms with E-state index in [4.69, 9.17) is 0 Å². The zero-order chi connectivity index (χ0) is 11.5. The number of carbonyl (C=O) groups excluding carboxylic acids is 1. The van der Waals surface area contributed by atoms with Crippen LogP contribution in [0.3, 0.4) is 0 Å². The first-order valence-electron chi connectivity index (χ1n) is 5.03. The van der Waals surface area contributed by atoms with Gasteiger partial charge in [0, 0.05) is 30.1 Å². The SMILES string of the molecule is COC(=O)C(Br)CN1CCSC(C)(C)C1. The van der Waals surface area contributed by atoms with Crippen molar-refractivity contribution in [3.63, 3.8) is 0 Å². The number of nitrogens with zero attached hydrogens (tertiary/aromatic N) is 1. The summed E-state index contributed by atoms with van der Waals surface area (Å²) in [6.45, 7) is 7.29. The van der Waals surface area contributed by atoms with Crippen LogP contribution in [0, 0.1) is 0 Å². The molecule has 3 nitrogen and oxygen atoms in total. The van der Waals surface area contributed by atoms with E-state index in [1.165, 1.54) is 7.11 Å². The van der Waals surface area contributed by atoms with Crippen molar-refractivity contribution in [2.24, 2.45) is 0 Å². The molecule has 0 aromatic heterocycles. The third-order valence-corrected chi connectivity index (χ3v) is 4.34. The molecule has 0 amide bonds. The number of ether oxygens (including phenoxy) is 1. The van der Waals surface area contributed by atoms with Crippen molar-refractivity contribution in [2.75, 3.05) is 32.5 Å². The maximum atomic E-state index is 11.2. The molecular formula is C10H18BrNO2S. The summed E-state index contributed by atoms with van der Waals surface area (Å²) in [4.78, 5) is 13.4. The highest BCUT2D eigenvalue weighted by atomic mass is 79.9. The lowest BCUT2D eigenvalue weighted by Crippen LogP contribution is -2.46. The highest BCUT2D eigenvalue weighted by Crippen LogP contribution is 2.29. The van der Waals surface area contributed by atoms with Gasteiger partial charge in [0.15, 0.2) is 0 Å². The van der Waals surface area contributed by atoms with E-state index in [-0.39, 0.29) is 10.8 Å². The van der Waals surface area contributed by atoms with Crippen LogP contribution in [0.4, 0.5) is 0 Å². The van der Waals surface area contributed by atoms with Crippen molar-refractivity contribution in [3.8, 4) is 0 Å². The summed E-state index contributed by atoms with van der Waals surface area (Å²) >= 11 is 5.35. The van der Waals surface area contributed by atoms with E-state index in [1.807, 2.05) is 11.8 Å². The molecule has 1 fully saturated rings. The topological polar surface area (TPSA) is 29.5 Å². The van der Waals surface area contributed by atoms with Crippen LogP contribution in [-0.2, 0) is 9.53 Å². The second-order valence-electron chi connectivity index (χ2n) is 4.33. The quantitative estimate of drug-likeness (QED) is 0.586. The molecule has 1 saturated heterocycles. The second-order valence-corrected chi connectivity index (χ2v) is 7.24. The van der Waals surface area contributed by atoms with Crippen LogP contribution in [0.5, 0.6) is 0 Å². The first-order valence-corrected chi connectivity index (χ1v) is 6.93. The lowest BCUT2D eigenvalue weighted by Gasteiger charge is -2.38. The molecule has 1 heterocycles. The Kier molecular flexibility index (Phi) is 4.93. The summed E-state index contributed by atoms with van der Waals surface area (Å²) in [7, 11) is 1.42. The Hall–Kier alpha value is 0.260. The maximum Gasteiger partial charge on any atom is 0.320 e. The molecule has 0 aliphatic carbocycles. The van der Waals surface area contributed by atoms with Crippen molar-refractivity contribution in [1.29, 1.82) is 0 Å². The van der Waals surface area contributed by atoms with Crippen molar-refractivity contribution in [1.82, 2.24) is 4.90 Å². The molecule has 0 aromatic carbocycles. The third kappa shape index (κ3) is 4.33. The van der Waals surface area contributed by atoms with Crippen LogP contribution in [0.15, 0.2) is 0 Å². The number of rotatable bonds is 3. The Bertz CT molecular complexity index is 235. The second kappa shape index (κ2) is 5.55. The largest absolute Gasteiger partial charge is 0.468 e.